The SMILES string of the molecule is N#CC(N)(CN1CCCCC1)C1CC1. The molecule has 2 fully saturated rings. The Bertz CT molecular complexity index is 235. The van der Waals surface area contributed by atoms with Crippen LogP contribution in [0.4, 0.5) is 0 Å². The van der Waals surface area contributed by atoms with Crippen LogP contribution in [0.25, 0.3) is 0 Å². The monoisotopic (exact) mass is 193 g/mol. The zero-order chi connectivity index (χ0) is 10.0. The maximum absolute atomic E-state index is 9.12. The molecule has 1 saturated carbocycles. The van der Waals surface area contributed by atoms with E-state index < -0.39 is 5.54 Å². The Morgan fingerprint density at radius 3 is 2.43 bits per heavy atom. The Kier molecular flexibility index (Phi) is 2.76. The van der Waals surface area contributed by atoms with Crippen LogP contribution in [0.3, 0.4) is 0 Å². The first-order valence-corrected chi connectivity index (χ1v) is 5.67. The molecule has 0 aromatic rings. The van der Waals surface area contributed by atoms with E-state index in [0.717, 1.165) is 32.5 Å². The molecule has 0 aromatic carbocycles. The molecule has 1 atom stereocenters. The van der Waals surface area contributed by atoms with Crippen LogP contribution in [0.2, 0.25) is 0 Å². The molecule has 1 heterocycles. The molecule has 78 valence electrons. The van der Waals surface area contributed by atoms with Gasteiger partial charge in [-0.05, 0) is 44.7 Å². The van der Waals surface area contributed by atoms with Crippen LogP contribution in [-0.2, 0) is 0 Å². The summed E-state index contributed by atoms with van der Waals surface area (Å²) in [5.41, 5.74) is 5.57. The molecule has 0 spiro atoms. The third-order valence-corrected chi connectivity index (χ3v) is 3.45. The predicted octanol–water partition coefficient (Wildman–Crippen LogP) is 1.10. The maximum Gasteiger partial charge on any atom is 0.119 e. The highest BCUT2D eigenvalue weighted by Gasteiger charge is 2.43. The zero-order valence-corrected chi connectivity index (χ0v) is 8.71. The van der Waals surface area contributed by atoms with E-state index in [1.807, 2.05) is 0 Å². The Hall–Kier alpha value is -0.590. The van der Waals surface area contributed by atoms with E-state index in [1.165, 1.54) is 19.3 Å². The Labute approximate surface area is 85.9 Å². The van der Waals surface area contributed by atoms with Gasteiger partial charge in [0.05, 0.1) is 6.07 Å². The minimum absolute atomic E-state index is 0.467. The van der Waals surface area contributed by atoms with Crippen molar-refractivity contribution in [1.82, 2.24) is 4.90 Å². The number of likely N-dealkylation sites (tertiary alicyclic amines) is 1. The van der Waals surface area contributed by atoms with Gasteiger partial charge in [-0.25, -0.2) is 0 Å². The van der Waals surface area contributed by atoms with Crippen molar-refractivity contribution in [2.45, 2.75) is 37.6 Å². The molecule has 3 nitrogen and oxygen atoms in total. The average molecular weight is 193 g/mol. The lowest BCUT2D eigenvalue weighted by atomic mass is 9.95. The molecular formula is C11H19N3. The van der Waals surface area contributed by atoms with E-state index in [1.54, 1.807) is 0 Å². The molecule has 2 N–H and O–H groups in total. The van der Waals surface area contributed by atoms with Gasteiger partial charge in [-0.2, -0.15) is 5.26 Å². The summed E-state index contributed by atoms with van der Waals surface area (Å²) in [7, 11) is 0. The highest BCUT2D eigenvalue weighted by Crippen LogP contribution is 2.38. The topological polar surface area (TPSA) is 53.1 Å². The van der Waals surface area contributed by atoms with E-state index in [4.69, 9.17) is 11.0 Å². The quantitative estimate of drug-likeness (QED) is 0.730. The van der Waals surface area contributed by atoms with Crippen LogP contribution in [0.15, 0.2) is 0 Å². The normalized spacial score (nSPS) is 28.0. The molecule has 14 heavy (non-hydrogen) atoms. The molecule has 0 bridgehead atoms. The number of hydrogen-bond acceptors (Lipinski definition) is 3. The highest BCUT2D eigenvalue weighted by molar-refractivity contribution is 5.14. The summed E-state index contributed by atoms with van der Waals surface area (Å²) in [6, 6.07) is 2.32. The van der Waals surface area contributed by atoms with Crippen molar-refractivity contribution in [1.29, 1.82) is 5.26 Å². The fourth-order valence-corrected chi connectivity index (χ4v) is 2.34. The van der Waals surface area contributed by atoms with Crippen LogP contribution in [-0.4, -0.2) is 30.1 Å². The van der Waals surface area contributed by atoms with Gasteiger partial charge in [0.2, 0.25) is 0 Å². The van der Waals surface area contributed by atoms with Gasteiger partial charge in [-0.15, -0.1) is 0 Å². The van der Waals surface area contributed by atoms with Gasteiger partial charge in [0.1, 0.15) is 5.54 Å². The average Bonchev–Trinajstić information content (AvgIpc) is 3.03. The summed E-state index contributed by atoms with van der Waals surface area (Å²) in [4.78, 5) is 2.37. The molecule has 1 aliphatic carbocycles. The smallest absolute Gasteiger partial charge is 0.119 e. The summed E-state index contributed by atoms with van der Waals surface area (Å²) >= 11 is 0. The van der Waals surface area contributed by atoms with Crippen LogP contribution in [0, 0.1) is 17.2 Å². The standard InChI is InChI=1S/C11H19N3/c12-8-11(13,10-4-5-10)9-14-6-2-1-3-7-14/h10H,1-7,9,13H2. The largest absolute Gasteiger partial charge is 0.312 e. The second-order valence-corrected chi connectivity index (χ2v) is 4.76. The van der Waals surface area contributed by atoms with E-state index in [2.05, 4.69) is 11.0 Å². The zero-order valence-electron chi connectivity index (χ0n) is 8.71. The Morgan fingerprint density at radius 1 is 1.29 bits per heavy atom. The fraction of sp³-hybridized carbons (Fsp3) is 0.909. The van der Waals surface area contributed by atoms with Crippen LogP contribution in [0.1, 0.15) is 32.1 Å². The summed E-state index contributed by atoms with van der Waals surface area (Å²) in [6.45, 7) is 3.05. The molecule has 0 aromatic heterocycles. The Balaban J connectivity index is 1.90. The first kappa shape index (κ1) is 9.95. The lowest BCUT2D eigenvalue weighted by molar-refractivity contribution is 0.189. The van der Waals surface area contributed by atoms with Gasteiger partial charge in [-0.1, -0.05) is 6.42 Å². The minimum atomic E-state index is -0.558. The number of nitriles is 1. The van der Waals surface area contributed by atoms with Crippen molar-refractivity contribution < 1.29 is 0 Å². The van der Waals surface area contributed by atoms with E-state index in [0.29, 0.717) is 5.92 Å². The van der Waals surface area contributed by atoms with Crippen molar-refractivity contribution in [2.24, 2.45) is 11.7 Å². The second-order valence-electron chi connectivity index (χ2n) is 4.76. The van der Waals surface area contributed by atoms with Crippen molar-refractivity contribution in [2.75, 3.05) is 19.6 Å². The lowest BCUT2D eigenvalue weighted by Gasteiger charge is -2.33. The van der Waals surface area contributed by atoms with Gasteiger partial charge < -0.3 is 10.6 Å². The molecule has 2 rings (SSSR count). The molecule has 1 saturated heterocycles. The summed E-state index contributed by atoms with van der Waals surface area (Å²) in [6.07, 6.45) is 6.18. The minimum Gasteiger partial charge on any atom is -0.312 e. The highest BCUT2D eigenvalue weighted by atomic mass is 15.2. The lowest BCUT2D eigenvalue weighted by Crippen LogP contribution is -2.52. The van der Waals surface area contributed by atoms with Gasteiger partial charge >= 0.3 is 0 Å². The number of nitrogens with zero attached hydrogens (tertiary/aromatic N) is 2. The third-order valence-electron chi connectivity index (χ3n) is 3.45. The summed E-state index contributed by atoms with van der Waals surface area (Å²) in [5.74, 6) is 0.467. The number of piperidine rings is 1. The first-order valence-electron chi connectivity index (χ1n) is 5.67. The van der Waals surface area contributed by atoms with Gasteiger partial charge in [-0.3, -0.25) is 0 Å². The number of rotatable bonds is 3. The summed E-state index contributed by atoms with van der Waals surface area (Å²) in [5, 5.41) is 9.12. The molecule has 2 aliphatic rings. The fourth-order valence-electron chi connectivity index (χ4n) is 2.34. The molecular weight excluding hydrogens is 174 g/mol. The van der Waals surface area contributed by atoms with Crippen LogP contribution < -0.4 is 5.73 Å². The number of hydrogen-bond donors (Lipinski definition) is 1. The molecule has 1 aliphatic heterocycles. The van der Waals surface area contributed by atoms with Crippen molar-refractivity contribution in [3.63, 3.8) is 0 Å². The van der Waals surface area contributed by atoms with E-state index in [9.17, 15) is 0 Å². The van der Waals surface area contributed by atoms with Crippen LogP contribution in [0.5, 0.6) is 0 Å². The molecule has 0 radical (unpaired) electrons. The van der Waals surface area contributed by atoms with Gasteiger partial charge in [0.15, 0.2) is 0 Å². The van der Waals surface area contributed by atoms with Crippen molar-refractivity contribution >= 4 is 0 Å². The summed E-state index contributed by atoms with van der Waals surface area (Å²) < 4.78 is 0. The van der Waals surface area contributed by atoms with Crippen molar-refractivity contribution in [3.8, 4) is 6.07 Å². The van der Waals surface area contributed by atoms with Gasteiger partial charge in [0, 0.05) is 6.54 Å². The molecule has 1 unspecified atom stereocenters. The first-order chi connectivity index (χ1) is 6.74. The van der Waals surface area contributed by atoms with E-state index >= 15 is 0 Å². The second kappa shape index (κ2) is 3.88. The molecule has 3 heteroatoms. The van der Waals surface area contributed by atoms with Gasteiger partial charge in [0.25, 0.3) is 0 Å². The Morgan fingerprint density at radius 2 is 1.93 bits per heavy atom. The number of nitrogens with two attached hydrogens (primary N) is 1. The third kappa shape index (κ3) is 2.08. The van der Waals surface area contributed by atoms with Crippen LogP contribution >= 0.6 is 0 Å². The van der Waals surface area contributed by atoms with E-state index in [-0.39, 0.29) is 0 Å². The maximum atomic E-state index is 9.12. The van der Waals surface area contributed by atoms with Crippen molar-refractivity contribution in [3.05, 3.63) is 0 Å². The predicted molar refractivity (Wildman–Crippen MR) is 55.5 cm³/mol. The molecule has 0 amide bonds.